The van der Waals surface area contributed by atoms with E-state index in [9.17, 15) is 4.79 Å². The Balaban J connectivity index is 2.58. The first-order chi connectivity index (χ1) is 7.13. The van der Waals surface area contributed by atoms with Gasteiger partial charge >= 0.3 is 0 Å². The maximum atomic E-state index is 11.6. The number of nitrogens with two attached hydrogens (primary N) is 1. The third-order valence-electron chi connectivity index (χ3n) is 2.01. The van der Waals surface area contributed by atoms with Crippen LogP contribution in [0.15, 0.2) is 31.0 Å². The van der Waals surface area contributed by atoms with Crippen molar-refractivity contribution < 1.29 is 4.79 Å². The van der Waals surface area contributed by atoms with Gasteiger partial charge in [0.2, 0.25) is 5.91 Å². The first kappa shape index (κ1) is 11.2. The van der Waals surface area contributed by atoms with Crippen molar-refractivity contribution in [3.63, 3.8) is 0 Å². The molecule has 0 saturated heterocycles. The molecule has 0 aliphatic rings. The molecular formula is C11H15N3O. The molecule has 1 heterocycles. The van der Waals surface area contributed by atoms with Crippen LogP contribution in [-0.2, 0) is 11.2 Å². The largest absolute Gasteiger partial charge is 0.397 e. The zero-order valence-electron chi connectivity index (χ0n) is 8.81. The first-order valence-electron chi connectivity index (χ1n) is 4.68. The summed E-state index contributed by atoms with van der Waals surface area (Å²) in [5, 5.41) is 0. The molecule has 0 saturated carbocycles. The molecule has 0 spiro atoms. The number of hydrogen-bond acceptors (Lipinski definition) is 3. The lowest BCUT2D eigenvalue weighted by molar-refractivity contribution is -0.128. The van der Waals surface area contributed by atoms with Crippen LogP contribution in [0.5, 0.6) is 0 Å². The molecule has 4 heteroatoms. The summed E-state index contributed by atoms with van der Waals surface area (Å²) in [6, 6.07) is 3.50. The Morgan fingerprint density at radius 1 is 1.67 bits per heavy atom. The van der Waals surface area contributed by atoms with Crippen LogP contribution in [0.1, 0.15) is 5.69 Å². The molecule has 1 aromatic rings. The third kappa shape index (κ3) is 3.42. The van der Waals surface area contributed by atoms with E-state index in [0.717, 1.165) is 5.69 Å². The van der Waals surface area contributed by atoms with Gasteiger partial charge in [0.1, 0.15) is 0 Å². The van der Waals surface area contributed by atoms with Crippen LogP contribution in [0.25, 0.3) is 0 Å². The predicted molar refractivity (Wildman–Crippen MR) is 60.2 cm³/mol. The van der Waals surface area contributed by atoms with Crippen LogP contribution in [0.4, 0.5) is 5.69 Å². The normalized spacial score (nSPS) is 9.67. The molecule has 0 unspecified atom stereocenters. The summed E-state index contributed by atoms with van der Waals surface area (Å²) in [6.07, 6.45) is 3.54. The van der Waals surface area contributed by atoms with Crippen LogP contribution in [0, 0.1) is 0 Å². The van der Waals surface area contributed by atoms with Crippen molar-refractivity contribution in [3.05, 3.63) is 36.7 Å². The summed E-state index contributed by atoms with van der Waals surface area (Å²) in [4.78, 5) is 17.3. The number of hydrogen-bond donors (Lipinski definition) is 1. The Morgan fingerprint density at radius 3 is 2.93 bits per heavy atom. The highest BCUT2D eigenvalue weighted by Crippen LogP contribution is 2.03. The van der Waals surface area contributed by atoms with E-state index in [4.69, 9.17) is 5.73 Å². The minimum Gasteiger partial charge on any atom is -0.397 e. The number of nitrogen functional groups attached to an aromatic ring is 1. The monoisotopic (exact) mass is 205 g/mol. The van der Waals surface area contributed by atoms with Crippen LogP contribution >= 0.6 is 0 Å². The molecule has 4 nitrogen and oxygen atoms in total. The summed E-state index contributed by atoms with van der Waals surface area (Å²) in [5.74, 6) is 0.0205. The van der Waals surface area contributed by atoms with E-state index in [2.05, 4.69) is 11.6 Å². The predicted octanol–water partition coefficient (Wildman–Crippen LogP) is 0.851. The highest BCUT2D eigenvalue weighted by atomic mass is 16.2. The fraction of sp³-hybridized carbons (Fsp3) is 0.273. The number of pyridine rings is 1. The standard InChI is InChI=1S/C11H15N3O/c1-3-6-14(2)11(15)7-10-5-4-9(12)8-13-10/h3-5,8H,1,6-7,12H2,2H3. The zero-order valence-corrected chi connectivity index (χ0v) is 8.81. The van der Waals surface area contributed by atoms with E-state index < -0.39 is 0 Å². The fourth-order valence-electron chi connectivity index (χ4n) is 1.13. The molecule has 1 amide bonds. The number of rotatable bonds is 4. The van der Waals surface area contributed by atoms with E-state index in [1.54, 1.807) is 36.4 Å². The van der Waals surface area contributed by atoms with Crippen molar-refractivity contribution in [2.24, 2.45) is 0 Å². The average Bonchev–Trinajstić information content (AvgIpc) is 2.22. The van der Waals surface area contributed by atoms with Gasteiger partial charge in [0.25, 0.3) is 0 Å². The molecule has 0 atom stereocenters. The lowest BCUT2D eigenvalue weighted by Crippen LogP contribution is -2.28. The number of amides is 1. The Morgan fingerprint density at radius 2 is 2.40 bits per heavy atom. The number of nitrogens with zero attached hydrogens (tertiary/aromatic N) is 2. The zero-order chi connectivity index (χ0) is 11.3. The SMILES string of the molecule is C=CCN(C)C(=O)Cc1ccc(N)cn1. The van der Waals surface area contributed by atoms with Crippen LogP contribution in [0.2, 0.25) is 0 Å². The Hall–Kier alpha value is -1.84. The van der Waals surface area contributed by atoms with Gasteiger partial charge in [0, 0.05) is 19.3 Å². The Kier molecular flexibility index (Phi) is 3.85. The van der Waals surface area contributed by atoms with Gasteiger partial charge in [-0.2, -0.15) is 0 Å². The van der Waals surface area contributed by atoms with Crippen LogP contribution in [0.3, 0.4) is 0 Å². The second-order valence-electron chi connectivity index (χ2n) is 3.32. The molecule has 1 rings (SSSR count). The van der Waals surface area contributed by atoms with Gasteiger partial charge in [0.05, 0.1) is 18.3 Å². The molecule has 0 radical (unpaired) electrons. The second kappa shape index (κ2) is 5.14. The summed E-state index contributed by atoms with van der Waals surface area (Å²) >= 11 is 0. The maximum absolute atomic E-state index is 11.6. The summed E-state index contributed by atoms with van der Waals surface area (Å²) in [6.45, 7) is 4.13. The van der Waals surface area contributed by atoms with E-state index in [1.807, 2.05) is 0 Å². The topological polar surface area (TPSA) is 59.2 Å². The van der Waals surface area contributed by atoms with Gasteiger partial charge in [-0.1, -0.05) is 6.08 Å². The molecule has 1 aromatic heterocycles. The van der Waals surface area contributed by atoms with Crippen molar-refractivity contribution >= 4 is 11.6 Å². The third-order valence-corrected chi connectivity index (χ3v) is 2.01. The van der Waals surface area contributed by atoms with Crippen molar-refractivity contribution in [1.82, 2.24) is 9.88 Å². The fourth-order valence-corrected chi connectivity index (χ4v) is 1.13. The van der Waals surface area contributed by atoms with Gasteiger partial charge in [-0.15, -0.1) is 6.58 Å². The molecule has 80 valence electrons. The van der Waals surface area contributed by atoms with Gasteiger partial charge in [0.15, 0.2) is 0 Å². The summed E-state index contributed by atoms with van der Waals surface area (Å²) in [7, 11) is 1.74. The van der Waals surface area contributed by atoms with E-state index in [0.29, 0.717) is 18.7 Å². The van der Waals surface area contributed by atoms with Crippen molar-refractivity contribution in [3.8, 4) is 0 Å². The second-order valence-corrected chi connectivity index (χ2v) is 3.32. The van der Waals surface area contributed by atoms with Crippen molar-refractivity contribution in [2.75, 3.05) is 19.3 Å². The molecule has 0 fully saturated rings. The summed E-state index contributed by atoms with van der Waals surface area (Å²) < 4.78 is 0. The molecule has 0 aliphatic carbocycles. The molecule has 0 bridgehead atoms. The molecule has 0 aliphatic heterocycles. The molecular weight excluding hydrogens is 190 g/mol. The Labute approximate surface area is 89.4 Å². The minimum absolute atomic E-state index is 0.0205. The van der Waals surface area contributed by atoms with Gasteiger partial charge < -0.3 is 10.6 Å². The van der Waals surface area contributed by atoms with E-state index in [1.165, 1.54) is 0 Å². The highest BCUT2D eigenvalue weighted by molar-refractivity contribution is 5.78. The minimum atomic E-state index is 0.0205. The lowest BCUT2D eigenvalue weighted by Gasteiger charge is -2.14. The quantitative estimate of drug-likeness (QED) is 0.741. The maximum Gasteiger partial charge on any atom is 0.228 e. The molecule has 0 aromatic carbocycles. The highest BCUT2D eigenvalue weighted by Gasteiger charge is 2.08. The number of carbonyl (C=O) groups excluding carboxylic acids is 1. The van der Waals surface area contributed by atoms with Gasteiger partial charge in [-0.3, -0.25) is 9.78 Å². The lowest BCUT2D eigenvalue weighted by atomic mass is 10.2. The molecule has 15 heavy (non-hydrogen) atoms. The van der Waals surface area contributed by atoms with Gasteiger partial charge in [-0.05, 0) is 12.1 Å². The van der Waals surface area contributed by atoms with Crippen molar-refractivity contribution in [2.45, 2.75) is 6.42 Å². The van der Waals surface area contributed by atoms with Crippen molar-refractivity contribution in [1.29, 1.82) is 0 Å². The smallest absolute Gasteiger partial charge is 0.228 e. The molecule has 2 N–H and O–H groups in total. The van der Waals surface area contributed by atoms with E-state index in [-0.39, 0.29) is 5.91 Å². The number of aromatic nitrogens is 1. The van der Waals surface area contributed by atoms with Gasteiger partial charge in [-0.25, -0.2) is 0 Å². The van der Waals surface area contributed by atoms with Crippen LogP contribution in [-0.4, -0.2) is 29.4 Å². The number of carbonyl (C=O) groups is 1. The average molecular weight is 205 g/mol. The van der Waals surface area contributed by atoms with E-state index >= 15 is 0 Å². The number of likely N-dealkylation sites (N-methyl/N-ethyl adjacent to an activating group) is 1. The number of anilines is 1. The first-order valence-corrected chi connectivity index (χ1v) is 4.68. The Bertz CT molecular complexity index is 345. The van der Waals surface area contributed by atoms with Crippen LogP contribution < -0.4 is 5.73 Å². The summed E-state index contributed by atoms with van der Waals surface area (Å²) in [5.41, 5.74) is 6.82.